The van der Waals surface area contributed by atoms with Crippen LogP contribution in [0.15, 0.2) is 42.5 Å². The number of hydrogen-bond donors (Lipinski definition) is 1. The van der Waals surface area contributed by atoms with Crippen molar-refractivity contribution in [3.63, 3.8) is 0 Å². The van der Waals surface area contributed by atoms with Gasteiger partial charge in [0.1, 0.15) is 11.8 Å². The molecule has 0 saturated carbocycles. The van der Waals surface area contributed by atoms with E-state index in [0.717, 1.165) is 10.6 Å². The summed E-state index contributed by atoms with van der Waals surface area (Å²) in [5.41, 5.74) is 0.655. The minimum Gasteiger partial charge on any atom is -0.494 e. The molecule has 0 saturated heterocycles. The Kier molecular flexibility index (Phi) is 6.97. The summed E-state index contributed by atoms with van der Waals surface area (Å²) in [4.78, 5) is 12.7. The first kappa shape index (κ1) is 21.3. The standard InChI is InChI=1S/C18H20Cl2N2O4S/c1-4-26-15-8-6-14(7-9-15)22(27(3,24)25)12(2)18(23)21-17-11-13(19)5-10-16(17)20/h5-12H,4H2,1-3H3,(H,21,23)/t12-/m0/s1. The van der Waals surface area contributed by atoms with Crippen molar-refractivity contribution in [3.8, 4) is 5.75 Å². The molecule has 0 fully saturated rings. The molecule has 0 heterocycles. The number of carbonyl (C=O) groups excluding carboxylic acids is 1. The number of benzene rings is 2. The van der Waals surface area contributed by atoms with E-state index in [4.69, 9.17) is 27.9 Å². The molecule has 1 amide bonds. The maximum absolute atomic E-state index is 12.7. The van der Waals surface area contributed by atoms with Crippen LogP contribution in [0, 0.1) is 0 Å². The third-order valence-corrected chi connectivity index (χ3v) is 5.48. The predicted molar refractivity (Wildman–Crippen MR) is 109 cm³/mol. The molecule has 1 N–H and O–H groups in total. The second-order valence-electron chi connectivity index (χ2n) is 5.78. The minimum absolute atomic E-state index is 0.298. The number of amides is 1. The van der Waals surface area contributed by atoms with E-state index >= 15 is 0 Å². The molecule has 6 nitrogen and oxygen atoms in total. The summed E-state index contributed by atoms with van der Waals surface area (Å²) in [5, 5.41) is 3.31. The van der Waals surface area contributed by atoms with Crippen LogP contribution in [0.5, 0.6) is 5.75 Å². The molecule has 0 aromatic heterocycles. The highest BCUT2D eigenvalue weighted by Crippen LogP contribution is 2.27. The van der Waals surface area contributed by atoms with Crippen molar-refractivity contribution in [2.24, 2.45) is 0 Å². The highest BCUT2D eigenvalue weighted by Gasteiger charge is 2.29. The number of carbonyl (C=O) groups is 1. The Bertz CT molecular complexity index is 917. The summed E-state index contributed by atoms with van der Waals surface area (Å²) in [6.07, 6.45) is 1.04. The Balaban J connectivity index is 2.30. The van der Waals surface area contributed by atoms with Crippen molar-refractivity contribution in [1.82, 2.24) is 0 Å². The third-order valence-electron chi connectivity index (χ3n) is 3.68. The smallest absolute Gasteiger partial charge is 0.248 e. The highest BCUT2D eigenvalue weighted by atomic mass is 35.5. The summed E-state index contributed by atoms with van der Waals surface area (Å²) in [5.74, 6) is 0.0657. The molecule has 146 valence electrons. The Morgan fingerprint density at radius 3 is 2.37 bits per heavy atom. The average Bonchev–Trinajstić information content (AvgIpc) is 2.59. The first-order valence-corrected chi connectivity index (χ1v) is 10.7. The molecule has 1 atom stereocenters. The normalized spacial score (nSPS) is 12.3. The molecule has 0 radical (unpaired) electrons. The third kappa shape index (κ3) is 5.51. The van der Waals surface area contributed by atoms with Crippen LogP contribution in [0.1, 0.15) is 13.8 Å². The van der Waals surface area contributed by atoms with E-state index in [2.05, 4.69) is 5.32 Å². The number of nitrogens with zero attached hydrogens (tertiary/aromatic N) is 1. The van der Waals surface area contributed by atoms with Gasteiger partial charge in [-0.2, -0.15) is 0 Å². The van der Waals surface area contributed by atoms with Crippen LogP contribution in [0.3, 0.4) is 0 Å². The van der Waals surface area contributed by atoms with Gasteiger partial charge < -0.3 is 10.1 Å². The first-order chi connectivity index (χ1) is 12.6. The zero-order valence-electron chi connectivity index (χ0n) is 15.1. The van der Waals surface area contributed by atoms with E-state index in [1.54, 1.807) is 36.4 Å². The number of anilines is 2. The second kappa shape index (κ2) is 8.82. The average molecular weight is 431 g/mol. The Labute approximate surface area is 169 Å². The number of nitrogens with one attached hydrogen (secondary N) is 1. The molecule has 0 spiro atoms. The van der Waals surface area contributed by atoms with Crippen LogP contribution in [-0.4, -0.2) is 33.2 Å². The molecule has 2 rings (SSSR count). The molecule has 9 heteroatoms. The number of sulfonamides is 1. The fourth-order valence-corrected chi connectivity index (χ4v) is 4.01. The van der Waals surface area contributed by atoms with E-state index in [9.17, 15) is 13.2 Å². The van der Waals surface area contributed by atoms with E-state index in [1.807, 2.05) is 6.92 Å². The summed E-state index contributed by atoms with van der Waals surface area (Å²) in [6, 6.07) is 10.1. The lowest BCUT2D eigenvalue weighted by Crippen LogP contribution is -2.45. The van der Waals surface area contributed by atoms with Gasteiger partial charge in [0.25, 0.3) is 0 Å². The summed E-state index contributed by atoms with van der Waals surface area (Å²) in [7, 11) is -3.73. The lowest BCUT2D eigenvalue weighted by atomic mass is 10.2. The Morgan fingerprint density at radius 2 is 1.81 bits per heavy atom. The van der Waals surface area contributed by atoms with Crippen LogP contribution in [0.25, 0.3) is 0 Å². The maximum atomic E-state index is 12.7. The van der Waals surface area contributed by atoms with Gasteiger partial charge in [-0.1, -0.05) is 23.2 Å². The first-order valence-electron chi connectivity index (χ1n) is 8.11. The lowest BCUT2D eigenvalue weighted by Gasteiger charge is -2.28. The number of ether oxygens (including phenoxy) is 1. The summed E-state index contributed by atoms with van der Waals surface area (Å²) < 4.78 is 31.1. The fraction of sp³-hybridized carbons (Fsp3) is 0.278. The second-order valence-corrected chi connectivity index (χ2v) is 8.48. The van der Waals surface area contributed by atoms with E-state index in [1.165, 1.54) is 13.0 Å². The van der Waals surface area contributed by atoms with E-state index in [-0.39, 0.29) is 0 Å². The zero-order valence-corrected chi connectivity index (χ0v) is 17.4. The van der Waals surface area contributed by atoms with Gasteiger partial charge in [0.15, 0.2) is 0 Å². The highest BCUT2D eigenvalue weighted by molar-refractivity contribution is 7.92. The maximum Gasteiger partial charge on any atom is 0.248 e. The number of hydrogen-bond acceptors (Lipinski definition) is 4. The predicted octanol–water partition coefficient (Wildman–Crippen LogP) is 4.19. The number of rotatable bonds is 7. The van der Waals surface area contributed by atoms with Crippen LogP contribution in [0.4, 0.5) is 11.4 Å². The van der Waals surface area contributed by atoms with Gasteiger partial charge >= 0.3 is 0 Å². The van der Waals surface area contributed by atoms with Crippen LogP contribution in [0.2, 0.25) is 10.0 Å². The monoisotopic (exact) mass is 430 g/mol. The zero-order chi connectivity index (χ0) is 20.2. The summed E-state index contributed by atoms with van der Waals surface area (Å²) >= 11 is 12.0. The van der Waals surface area contributed by atoms with Gasteiger partial charge in [0, 0.05) is 5.02 Å². The topological polar surface area (TPSA) is 75.7 Å². The minimum atomic E-state index is -3.73. The largest absolute Gasteiger partial charge is 0.494 e. The van der Waals surface area contributed by atoms with Crippen molar-refractivity contribution in [2.45, 2.75) is 19.9 Å². The van der Waals surface area contributed by atoms with Crippen molar-refractivity contribution in [2.75, 3.05) is 22.5 Å². The molecule has 0 aliphatic rings. The van der Waals surface area contributed by atoms with Gasteiger partial charge in [-0.3, -0.25) is 9.10 Å². The van der Waals surface area contributed by atoms with Crippen molar-refractivity contribution < 1.29 is 17.9 Å². The van der Waals surface area contributed by atoms with Crippen molar-refractivity contribution in [1.29, 1.82) is 0 Å². The van der Waals surface area contributed by atoms with E-state index < -0.39 is 22.0 Å². The van der Waals surface area contributed by atoms with E-state index in [0.29, 0.717) is 33.8 Å². The van der Waals surface area contributed by atoms with Crippen molar-refractivity contribution in [3.05, 3.63) is 52.5 Å². The molecule has 2 aromatic carbocycles. The van der Waals surface area contributed by atoms with Gasteiger partial charge in [-0.25, -0.2) is 8.42 Å². The van der Waals surface area contributed by atoms with Gasteiger partial charge in [0.2, 0.25) is 15.9 Å². The van der Waals surface area contributed by atoms with Crippen LogP contribution in [-0.2, 0) is 14.8 Å². The fourth-order valence-electron chi connectivity index (χ4n) is 2.50. The molecule has 0 aliphatic carbocycles. The molecule has 0 bridgehead atoms. The van der Waals surface area contributed by atoms with Crippen LogP contribution < -0.4 is 14.4 Å². The number of halogens is 2. The molecule has 0 aliphatic heterocycles. The molecule has 27 heavy (non-hydrogen) atoms. The molecular weight excluding hydrogens is 411 g/mol. The quantitative estimate of drug-likeness (QED) is 0.714. The Hall–Kier alpha value is -1.96. The van der Waals surface area contributed by atoms with Gasteiger partial charge in [-0.05, 0) is 56.3 Å². The molecular formula is C18H20Cl2N2O4S. The van der Waals surface area contributed by atoms with Gasteiger partial charge in [-0.15, -0.1) is 0 Å². The SMILES string of the molecule is CCOc1ccc(N([C@@H](C)C(=O)Nc2cc(Cl)ccc2Cl)S(C)(=O)=O)cc1. The summed E-state index contributed by atoms with van der Waals surface area (Å²) in [6.45, 7) is 3.84. The Morgan fingerprint density at radius 1 is 1.19 bits per heavy atom. The molecule has 2 aromatic rings. The molecule has 0 unspecified atom stereocenters. The van der Waals surface area contributed by atoms with Crippen molar-refractivity contribution >= 4 is 50.5 Å². The lowest BCUT2D eigenvalue weighted by molar-refractivity contribution is -0.116. The van der Waals surface area contributed by atoms with Gasteiger partial charge in [0.05, 0.1) is 29.3 Å². The van der Waals surface area contributed by atoms with Crippen LogP contribution >= 0.6 is 23.2 Å².